The maximum Gasteiger partial charge on any atom is 0.273 e. The SMILES string of the molecule is Cc1ccc(C(=O)NC2CCC(CC3CCC(NC(=O)c4ccc(C)c([N+](=O)[O-])c4)CC3)CC2)cc1[N+](=O)[O-]. The van der Waals surface area contributed by atoms with E-state index >= 15 is 0 Å². The predicted molar refractivity (Wildman–Crippen MR) is 147 cm³/mol. The summed E-state index contributed by atoms with van der Waals surface area (Å²) in [6.07, 6.45) is 8.93. The van der Waals surface area contributed by atoms with Gasteiger partial charge in [0.05, 0.1) is 9.85 Å². The smallest absolute Gasteiger partial charge is 0.273 e. The van der Waals surface area contributed by atoms with Gasteiger partial charge in [-0.2, -0.15) is 0 Å². The Kier molecular flexibility index (Phi) is 8.93. The van der Waals surface area contributed by atoms with Crippen molar-refractivity contribution in [2.24, 2.45) is 11.8 Å². The van der Waals surface area contributed by atoms with Crippen LogP contribution >= 0.6 is 0 Å². The van der Waals surface area contributed by atoms with Gasteiger partial charge in [0.15, 0.2) is 0 Å². The van der Waals surface area contributed by atoms with E-state index in [1.165, 1.54) is 12.1 Å². The van der Waals surface area contributed by atoms with Gasteiger partial charge >= 0.3 is 0 Å². The molecule has 0 bridgehead atoms. The predicted octanol–water partition coefficient (Wildman–Crippen LogP) is 5.79. The van der Waals surface area contributed by atoms with Gasteiger partial charge in [0, 0.05) is 46.5 Å². The van der Waals surface area contributed by atoms with Crippen molar-refractivity contribution in [3.8, 4) is 0 Å². The number of aryl methyl sites for hydroxylation is 2. The summed E-state index contributed by atoms with van der Waals surface area (Å²) in [5.41, 5.74) is 1.62. The summed E-state index contributed by atoms with van der Waals surface area (Å²) >= 11 is 0. The van der Waals surface area contributed by atoms with Crippen molar-refractivity contribution >= 4 is 23.2 Å². The number of nitrogens with zero attached hydrogens (tertiary/aromatic N) is 2. The van der Waals surface area contributed by atoms with Crippen molar-refractivity contribution in [3.63, 3.8) is 0 Å². The lowest BCUT2D eigenvalue weighted by Crippen LogP contribution is -2.39. The molecule has 0 aliphatic heterocycles. The number of carbonyl (C=O) groups excluding carboxylic acids is 2. The number of nitro benzene ring substituents is 2. The molecule has 10 heteroatoms. The van der Waals surface area contributed by atoms with Crippen LogP contribution in [0, 0.1) is 45.9 Å². The van der Waals surface area contributed by atoms with E-state index in [-0.39, 0.29) is 35.3 Å². The van der Waals surface area contributed by atoms with Crippen molar-refractivity contribution < 1.29 is 19.4 Å². The maximum atomic E-state index is 12.7. The zero-order valence-electron chi connectivity index (χ0n) is 22.5. The number of hydrogen-bond acceptors (Lipinski definition) is 6. The Morgan fingerprint density at radius 2 is 1.05 bits per heavy atom. The molecule has 2 saturated carbocycles. The minimum absolute atomic E-state index is 0.0419. The average molecular weight is 537 g/mol. The summed E-state index contributed by atoms with van der Waals surface area (Å²) in [4.78, 5) is 46.8. The third-order valence-corrected chi connectivity index (χ3v) is 8.37. The molecule has 2 aromatic carbocycles. The van der Waals surface area contributed by atoms with E-state index in [0.717, 1.165) is 57.8 Å². The highest BCUT2D eigenvalue weighted by Crippen LogP contribution is 2.35. The highest BCUT2D eigenvalue weighted by molar-refractivity contribution is 5.95. The van der Waals surface area contributed by atoms with E-state index in [1.807, 2.05) is 0 Å². The summed E-state index contributed by atoms with van der Waals surface area (Å²) in [5, 5.41) is 28.5. The van der Waals surface area contributed by atoms with Gasteiger partial charge in [-0.15, -0.1) is 0 Å². The van der Waals surface area contributed by atoms with Gasteiger partial charge in [-0.1, -0.05) is 12.1 Å². The lowest BCUT2D eigenvalue weighted by Gasteiger charge is -2.34. The van der Waals surface area contributed by atoms with Gasteiger partial charge in [-0.05, 0) is 95.6 Å². The Morgan fingerprint density at radius 3 is 1.38 bits per heavy atom. The van der Waals surface area contributed by atoms with E-state index in [1.54, 1.807) is 38.1 Å². The van der Waals surface area contributed by atoms with E-state index in [2.05, 4.69) is 10.6 Å². The second kappa shape index (κ2) is 12.4. The van der Waals surface area contributed by atoms with Crippen molar-refractivity contribution in [3.05, 3.63) is 78.9 Å². The lowest BCUT2D eigenvalue weighted by atomic mass is 9.75. The minimum atomic E-state index is -0.462. The quantitative estimate of drug-likeness (QED) is 0.323. The van der Waals surface area contributed by atoms with Gasteiger partial charge < -0.3 is 10.6 Å². The molecule has 0 aromatic heterocycles. The van der Waals surface area contributed by atoms with Gasteiger partial charge in [-0.3, -0.25) is 29.8 Å². The standard InChI is InChI=1S/C29H36N4O6/c1-18-3-9-22(16-26(18)32(36)37)28(34)30-24-11-5-20(6-12-24)15-21-7-13-25(14-8-21)31-29(35)23-10-4-19(2)27(17-23)33(38)39/h3-4,9-10,16-17,20-21,24-25H,5-8,11-15H2,1-2H3,(H,30,34)(H,31,35). The van der Waals surface area contributed by atoms with E-state index in [0.29, 0.717) is 34.1 Å². The monoisotopic (exact) mass is 536 g/mol. The van der Waals surface area contributed by atoms with E-state index < -0.39 is 9.85 Å². The molecule has 4 rings (SSSR count). The molecule has 2 amide bonds. The summed E-state index contributed by atoms with van der Waals surface area (Å²) in [5.74, 6) is 0.704. The van der Waals surface area contributed by atoms with Gasteiger partial charge in [0.2, 0.25) is 0 Å². The van der Waals surface area contributed by atoms with E-state index in [9.17, 15) is 29.8 Å². The van der Waals surface area contributed by atoms with Gasteiger partial charge in [0.1, 0.15) is 0 Å². The zero-order valence-corrected chi connectivity index (χ0v) is 22.5. The fourth-order valence-corrected chi connectivity index (χ4v) is 5.99. The van der Waals surface area contributed by atoms with Crippen LogP contribution in [0.4, 0.5) is 11.4 Å². The van der Waals surface area contributed by atoms with Crippen LogP contribution in [0.5, 0.6) is 0 Å². The molecular formula is C29H36N4O6. The van der Waals surface area contributed by atoms with Gasteiger partial charge in [0.25, 0.3) is 23.2 Å². The Balaban J connectivity index is 1.18. The second-order valence-electron chi connectivity index (χ2n) is 11.1. The maximum absolute atomic E-state index is 12.7. The molecule has 2 aliphatic carbocycles. The first-order valence-electron chi connectivity index (χ1n) is 13.7. The summed E-state index contributed by atoms with van der Waals surface area (Å²) in [7, 11) is 0. The Morgan fingerprint density at radius 1 is 0.692 bits per heavy atom. The normalized spacial score (nSPS) is 23.0. The molecular weight excluding hydrogens is 500 g/mol. The topological polar surface area (TPSA) is 144 Å². The van der Waals surface area contributed by atoms with Crippen molar-refractivity contribution in [1.29, 1.82) is 0 Å². The molecule has 39 heavy (non-hydrogen) atoms. The Bertz CT molecular complexity index is 1150. The number of nitrogens with one attached hydrogen (secondary N) is 2. The fraction of sp³-hybridized carbons (Fsp3) is 0.517. The molecule has 2 N–H and O–H groups in total. The first-order chi connectivity index (χ1) is 18.6. The third-order valence-electron chi connectivity index (χ3n) is 8.37. The van der Waals surface area contributed by atoms with Crippen LogP contribution in [0.2, 0.25) is 0 Å². The molecule has 10 nitrogen and oxygen atoms in total. The number of rotatable bonds is 8. The molecule has 0 saturated heterocycles. The second-order valence-corrected chi connectivity index (χ2v) is 11.1. The summed E-state index contributed by atoms with van der Waals surface area (Å²) in [6.45, 7) is 3.31. The first kappa shape index (κ1) is 28.2. The van der Waals surface area contributed by atoms with Crippen LogP contribution in [-0.4, -0.2) is 33.7 Å². The largest absolute Gasteiger partial charge is 0.349 e. The summed E-state index contributed by atoms with van der Waals surface area (Å²) < 4.78 is 0. The highest BCUT2D eigenvalue weighted by Gasteiger charge is 2.29. The molecule has 208 valence electrons. The number of hydrogen-bond donors (Lipinski definition) is 2. The number of nitro groups is 2. The van der Waals surface area contributed by atoms with E-state index in [4.69, 9.17) is 0 Å². The van der Waals surface area contributed by atoms with Crippen LogP contribution in [0.3, 0.4) is 0 Å². The number of carbonyl (C=O) groups is 2. The molecule has 2 fully saturated rings. The first-order valence-corrected chi connectivity index (χ1v) is 13.7. The zero-order chi connectivity index (χ0) is 28.1. The molecule has 0 heterocycles. The average Bonchev–Trinajstić information content (AvgIpc) is 2.91. The van der Waals surface area contributed by atoms with Crippen LogP contribution in [0.25, 0.3) is 0 Å². The molecule has 0 unspecified atom stereocenters. The van der Waals surface area contributed by atoms with Crippen molar-refractivity contribution in [2.75, 3.05) is 0 Å². The van der Waals surface area contributed by atoms with Crippen molar-refractivity contribution in [1.82, 2.24) is 10.6 Å². The highest BCUT2D eigenvalue weighted by atomic mass is 16.6. The van der Waals surface area contributed by atoms with Crippen molar-refractivity contribution in [2.45, 2.75) is 83.7 Å². The van der Waals surface area contributed by atoms with Gasteiger partial charge in [-0.25, -0.2) is 0 Å². The molecule has 0 spiro atoms. The fourth-order valence-electron chi connectivity index (χ4n) is 5.99. The van der Waals surface area contributed by atoms with Crippen LogP contribution < -0.4 is 10.6 Å². The molecule has 2 aromatic rings. The number of amides is 2. The lowest BCUT2D eigenvalue weighted by molar-refractivity contribution is -0.385. The third kappa shape index (κ3) is 7.19. The molecule has 2 aliphatic rings. The minimum Gasteiger partial charge on any atom is -0.349 e. The summed E-state index contributed by atoms with van der Waals surface area (Å²) in [6, 6.07) is 9.34. The Hall–Kier alpha value is -3.82. The van der Waals surface area contributed by atoms with Crippen LogP contribution in [0.1, 0.15) is 89.6 Å². The molecule has 0 radical (unpaired) electrons. The Labute approximate surface area is 227 Å². The molecule has 0 atom stereocenters. The van der Waals surface area contributed by atoms with Crippen LogP contribution in [0.15, 0.2) is 36.4 Å². The van der Waals surface area contributed by atoms with Crippen LogP contribution in [-0.2, 0) is 0 Å². The number of benzene rings is 2.